The molecule has 5 aromatic rings. The lowest BCUT2D eigenvalue weighted by Crippen LogP contribution is -2.52. The van der Waals surface area contributed by atoms with Gasteiger partial charge in [-0.15, -0.1) is 5.06 Å². The van der Waals surface area contributed by atoms with Gasteiger partial charge < -0.3 is 54.6 Å². The molecule has 5 N–H and O–H groups in total. The summed E-state index contributed by atoms with van der Waals surface area (Å²) in [6, 6.07) is 14.4. The van der Waals surface area contributed by atoms with Crippen LogP contribution in [0.25, 0.3) is 11.2 Å². The molecule has 3 aliphatic rings. The van der Waals surface area contributed by atoms with E-state index in [0.29, 0.717) is 48.2 Å². The molecule has 3 aliphatic heterocycles. The molecule has 1 unspecified atom stereocenters. The number of benzene rings is 2. The Morgan fingerprint density at radius 2 is 1.71 bits per heavy atom. The molecule has 6 atom stereocenters. The minimum atomic E-state index is -5.36. The number of carbonyl (C=O) groups is 2. The Morgan fingerprint density at radius 3 is 2.32 bits per heavy atom. The van der Waals surface area contributed by atoms with E-state index in [2.05, 4.69) is 26.1 Å². The largest absolute Gasteiger partial charge is 0.497 e. The third-order valence-electron chi connectivity index (χ3n) is 11.4. The van der Waals surface area contributed by atoms with E-state index < -0.39 is 48.8 Å². The summed E-state index contributed by atoms with van der Waals surface area (Å²) >= 11 is 0. The van der Waals surface area contributed by atoms with Crippen LogP contribution in [0.5, 0.6) is 11.5 Å². The molecule has 19 nitrogen and oxygen atoms in total. The molecule has 6 heterocycles. The third-order valence-corrected chi connectivity index (χ3v) is 11.4. The standard InChI is InChI=1S/C41H47F3N10O9/c1-4-24-17-30(62-51-24)34-32(55)33(56)37(61-34)53-21-47-31-35(46-19-29(22-5-9-27(59-2)10-6-22)23-7-11-28(60-3)12-8-23)49-39(50-36(31)53)52-16-14-26(20-52)54(63-38(57)41(42,43)44)40(58)48-25-13-15-45-18-25/h5-12,17,21,25-26,29,32-34,37,45,55-56H,4,13-16,18-20H2,1-3H3,(H,48,58)(H,46,49,50)/t25?,26-,32+,33+,34-,37-/m1/s1. The molecule has 3 fully saturated rings. The van der Waals surface area contributed by atoms with Crippen LogP contribution >= 0.6 is 0 Å². The number of halogens is 3. The third kappa shape index (κ3) is 9.15. The van der Waals surface area contributed by atoms with E-state index in [0.717, 1.165) is 11.1 Å². The highest BCUT2D eigenvalue weighted by molar-refractivity contribution is 5.85. The number of anilines is 2. The highest BCUT2D eigenvalue weighted by atomic mass is 19.4. The second-order valence-electron chi connectivity index (χ2n) is 15.4. The van der Waals surface area contributed by atoms with Crippen molar-refractivity contribution in [3.63, 3.8) is 0 Å². The van der Waals surface area contributed by atoms with Crippen molar-refractivity contribution in [1.29, 1.82) is 0 Å². The highest BCUT2D eigenvalue weighted by Gasteiger charge is 2.48. The van der Waals surface area contributed by atoms with Gasteiger partial charge in [-0.05, 0) is 61.2 Å². The number of rotatable bonds is 13. The first-order chi connectivity index (χ1) is 30.3. The number of amides is 2. The van der Waals surface area contributed by atoms with E-state index in [1.54, 1.807) is 25.2 Å². The second-order valence-corrected chi connectivity index (χ2v) is 15.4. The Hall–Kier alpha value is -6.23. The van der Waals surface area contributed by atoms with Crippen LogP contribution < -0.4 is 30.3 Å². The zero-order valence-corrected chi connectivity index (χ0v) is 34.5. The molecule has 3 saturated heterocycles. The molecule has 8 rings (SSSR count). The number of aliphatic hydroxyl groups excluding tert-OH is 2. The summed E-state index contributed by atoms with van der Waals surface area (Å²) in [6.07, 6.45) is -7.98. The number of nitrogens with one attached hydrogen (secondary N) is 3. The molecule has 63 heavy (non-hydrogen) atoms. The minimum absolute atomic E-state index is 0.0783. The number of nitrogens with zero attached hydrogens (tertiary/aromatic N) is 7. The molecule has 0 aliphatic carbocycles. The fraction of sp³-hybridized carbons (Fsp3) is 0.463. The molecule has 22 heteroatoms. The van der Waals surface area contributed by atoms with Crippen LogP contribution in [0.2, 0.25) is 0 Å². The maximum Gasteiger partial charge on any atom is 0.493 e. The minimum Gasteiger partial charge on any atom is -0.497 e. The van der Waals surface area contributed by atoms with Gasteiger partial charge in [0.25, 0.3) is 0 Å². The van der Waals surface area contributed by atoms with E-state index in [1.165, 1.54) is 10.9 Å². The van der Waals surface area contributed by atoms with Gasteiger partial charge in [-0.3, -0.25) is 4.57 Å². The first-order valence-electron chi connectivity index (χ1n) is 20.4. The van der Waals surface area contributed by atoms with E-state index in [1.807, 2.05) is 55.5 Å². The smallest absolute Gasteiger partial charge is 0.493 e. The molecule has 2 aromatic carbocycles. The Bertz CT molecular complexity index is 2330. The van der Waals surface area contributed by atoms with Crippen LogP contribution in [0.1, 0.15) is 60.6 Å². The zero-order valence-electron chi connectivity index (χ0n) is 34.5. The second kappa shape index (κ2) is 18.2. The van der Waals surface area contributed by atoms with E-state index in [-0.39, 0.29) is 66.7 Å². The van der Waals surface area contributed by atoms with Gasteiger partial charge in [0, 0.05) is 44.2 Å². The number of carbonyl (C=O) groups excluding carboxylic acids is 2. The first kappa shape index (κ1) is 43.4. The molecule has 3 aromatic heterocycles. The van der Waals surface area contributed by atoms with Gasteiger partial charge in [0.15, 0.2) is 29.0 Å². The lowest BCUT2D eigenvalue weighted by molar-refractivity contribution is -0.232. The number of aryl methyl sites for hydroxylation is 1. The Morgan fingerprint density at radius 1 is 1.02 bits per heavy atom. The predicted molar refractivity (Wildman–Crippen MR) is 217 cm³/mol. The summed E-state index contributed by atoms with van der Waals surface area (Å²) in [4.78, 5) is 46.2. The Balaban J connectivity index is 1.14. The van der Waals surface area contributed by atoms with Crippen molar-refractivity contribution in [3.8, 4) is 11.5 Å². The van der Waals surface area contributed by atoms with Gasteiger partial charge in [-0.1, -0.05) is 36.3 Å². The van der Waals surface area contributed by atoms with Crippen molar-refractivity contribution in [1.82, 2.24) is 40.4 Å². The molecular weight excluding hydrogens is 834 g/mol. The predicted octanol–water partition coefficient (Wildman–Crippen LogP) is 3.60. The summed E-state index contributed by atoms with van der Waals surface area (Å²) in [5, 5.41) is 36.1. The van der Waals surface area contributed by atoms with Crippen LogP contribution in [0.4, 0.5) is 29.7 Å². The Kier molecular flexibility index (Phi) is 12.6. The maximum absolute atomic E-state index is 13.5. The number of urea groups is 1. The number of hydrogen-bond donors (Lipinski definition) is 5. The molecule has 0 radical (unpaired) electrons. The van der Waals surface area contributed by atoms with E-state index in [9.17, 15) is 33.0 Å². The van der Waals surface area contributed by atoms with Crippen molar-refractivity contribution in [2.75, 3.05) is 57.2 Å². The molecule has 336 valence electrons. The summed E-state index contributed by atoms with van der Waals surface area (Å²) in [5.41, 5.74) is 2.95. The van der Waals surface area contributed by atoms with Crippen molar-refractivity contribution in [3.05, 3.63) is 83.5 Å². The van der Waals surface area contributed by atoms with Gasteiger partial charge >= 0.3 is 18.2 Å². The number of ether oxygens (including phenoxy) is 3. The number of imidazole rings is 1. The molecular formula is C41H47F3N10O9. The van der Waals surface area contributed by atoms with Gasteiger partial charge in [-0.2, -0.15) is 23.1 Å². The monoisotopic (exact) mass is 880 g/mol. The number of hydroxylamine groups is 2. The van der Waals surface area contributed by atoms with Crippen LogP contribution in [-0.4, -0.2) is 129 Å². The lowest BCUT2D eigenvalue weighted by Gasteiger charge is -2.28. The van der Waals surface area contributed by atoms with Gasteiger partial charge in [0.1, 0.15) is 29.8 Å². The lowest BCUT2D eigenvalue weighted by atomic mass is 9.91. The number of aliphatic hydroxyl groups is 2. The average Bonchev–Trinajstić information content (AvgIpc) is 4.15. The quantitative estimate of drug-likeness (QED) is 0.107. The number of fused-ring (bicyclic) bond motifs is 1. The molecule has 0 bridgehead atoms. The van der Waals surface area contributed by atoms with Crippen molar-refractivity contribution in [2.45, 2.75) is 74.9 Å². The normalized spacial score (nSPS) is 22.5. The average molecular weight is 881 g/mol. The van der Waals surface area contributed by atoms with E-state index in [4.69, 9.17) is 33.5 Å². The summed E-state index contributed by atoms with van der Waals surface area (Å²) in [6.45, 7) is 3.16. The summed E-state index contributed by atoms with van der Waals surface area (Å²) < 4.78 is 64.4. The Labute approximate surface area is 358 Å². The summed E-state index contributed by atoms with van der Waals surface area (Å²) in [7, 11) is 3.17. The molecule has 0 saturated carbocycles. The van der Waals surface area contributed by atoms with Crippen LogP contribution in [0.3, 0.4) is 0 Å². The topological polar surface area (TPSA) is 224 Å². The molecule has 0 spiro atoms. The highest BCUT2D eigenvalue weighted by Crippen LogP contribution is 2.41. The maximum atomic E-state index is 13.5. The van der Waals surface area contributed by atoms with Crippen LogP contribution in [0.15, 0.2) is 65.4 Å². The first-order valence-corrected chi connectivity index (χ1v) is 20.4. The van der Waals surface area contributed by atoms with Crippen molar-refractivity contribution in [2.24, 2.45) is 0 Å². The van der Waals surface area contributed by atoms with Gasteiger partial charge in [0.2, 0.25) is 5.95 Å². The fourth-order valence-electron chi connectivity index (χ4n) is 7.96. The zero-order chi connectivity index (χ0) is 44.4. The van der Waals surface area contributed by atoms with Gasteiger partial charge in [-0.25, -0.2) is 14.6 Å². The van der Waals surface area contributed by atoms with Crippen LogP contribution in [0, 0.1) is 0 Å². The number of aromatic nitrogens is 5. The van der Waals surface area contributed by atoms with Crippen LogP contribution in [-0.2, 0) is 20.8 Å². The number of hydrogen-bond acceptors (Lipinski definition) is 16. The number of alkyl halides is 3. The molecule has 2 amide bonds. The van der Waals surface area contributed by atoms with E-state index >= 15 is 0 Å². The summed E-state index contributed by atoms with van der Waals surface area (Å²) in [5.74, 6) is -0.895. The SMILES string of the molecule is CCc1cc([C@H]2O[C@@H](n3cnc4c(NCC(c5ccc(OC)cc5)c5ccc(OC)cc5)nc(N5CC[C@@H](N(OC(=O)C(F)(F)F)C(=O)NC6CCNC6)C5)nc43)[C@@H](O)[C@@H]2O)on1. The van der Waals surface area contributed by atoms with Gasteiger partial charge in [0.05, 0.1) is 32.3 Å². The van der Waals surface area contributed by atoms with Crippen molar-refractivity contribution >= 4 is 34.9 Å². The fourth-order valence-corrected chi connectivity index (χ4v) is 7.96. The van der Waals surface area contributed by atoms with Crippen molar-refractivity contribution < 1.29 is 56.5 Å². The number of methoxy groups -OCH3 is 2.